The zero-order valence-corrected chi connectivity index (χ0v) is 14.3. The number of halogens is 1. The van der Waals surface area contributed by atoms with Crippen LogP contribution in [0, 0.1) is 14.9 Å². The van der Waals surface area contributed by atoms with Crippen molar-refractivity contribution in [2.75, 3.05) is 6.61 Å². The Labute approximate surface area is 141 Å². The lowest BCUT2D eigenvalue weighted by Crippen LogP contribution is -2.06. The minimum atomic E-state index is -0.400. The summed E-state index contributed by atoms with van der Waals surface area (Å²) >= 11 is 3.73. The van der Waals surface area contributed by atoms with Crippen LogP contribution in [-0.2, 0) is 4.74 Å². The van der Waals surface area contributed by atoms with Crippen molar-refractivity contribution in [3.63, 3.8) is 0 Å². The fourth-order valence-electron chi connectivity index (χ4n) is 1.69. The van der Waals surface area contributed by atoms with Crippen LogP contribution in [0.5, 0.6) is 0 Å². The molecule has 5 heteroatoms. The van der Waals surface area contributed by atoms with Gasteiger partial charge in [0.05, 0.1) is 23.8 Å². The number of hydrogen-bond donors (Lipinski definition) is 0. The molecule has 0 fully saturated rings. The van der Waals surface area contributed by atoms with Gasteiger partial charge in [-0.1, -0.05) is 11.8 Å². The van der Waals surface area contributed by atoms with E-state index in [1.165, 1.54) is 11.8 Å². The van der Waals surface area contributed by atoms with Crippen LogP contribution in [-0.4, -0.2) is 12.6 Å². The first-order chi connectivity index (χ1) is 10.1. The fourth-order valence-corrected chi connectivity index (χ4v) is 2.96. The quantitative estimate of drug-likeness (QED) is 0.552. The first kappa shape index (κ1) is 15.9. The van der Waals surface area contributed by atoms with Gasteiger partial charge in [0.15, 0.2) is 0 Å². The second-order valence-corrected chi connectivity index (χ2v) is 6.46. The Hall–Kier alpha value is -1.52. The molecule has 0 unspecified atom stereocenters. The summed E-state index contributed by atoms with van der Waals surface area (Å²) in [6, 6.07) is 15.1. The normalized spacial score (nSPS) is 9.95. The molecule has 0 aromatic heterocycles. The van der Waals surface area contributed by atoms with E-state index in [0.29, 0.717) is 17.7 Å². The molecule has 0 atom stereocenters. The molecule has 0 aliphatic rings. The van der Waals surface area contributed by atoms with E-state index in [2.05, 4.69) is 22.6 Å². The minimum Gasteiger partial charge on any atom is -0.462 e. The molecule has 21 heavy (non-hydrogen) atoms. The van der Waals surface area contributed by atoms with Crippen LogP contribution in [0.2, 0.25) is 0 Å². The summed E-state index contributed by atoms with van der Waals surface area (Å²) in [5.41, 5.74) is 0.879. The molecule has 2 rings (SSSR count). The van der Waals surface area contributed by atoms with Crippen LogP contribution in [0.4, 0.5) is 0 Å². The second-order valence-electron chi connectivity index (χ2n) is 4.10. The van der Waals surface area contributed by atoms with E-state index >= 15 is 0 Å². The second kappa shape index (κ2) is 7.48. The van der Waals surface area contributed by atoms with E-state index in [9.17, 15) is 4.79 Å². The van der Waals surface area contributed by atoms with Gasteiger partial charge in [-0.25, -0.2) is 4.79 Å². The molecule has 0 aliphatic carbocycles. The minimum absolute atomic E-state index is 0.309. The number of benzene rings is 2. The number of nitrogens with zero attached hydrogens (tertiary/aromatic N) is 1. The van der Waals surface area contributed by atoms with Gasteiger partial charge < -0.3 is 4.74 Å². The van der Waals surface area contributed by atoms with Gasteiger partial charge in [-0.05, 0) is 72.0 Å². The Morgan fingerprint density at radius 2 is 2.00 bits per heavy atom. The molecular formula is C16H12INO2S. The SMILES string of the molecule is CCOC(=O)c1cc(C#N)ccc1Sc1ccc(I)cc1. The zero-order valence-electron chi connectivity index (χ0n) is 11.3. The summed E-state index contributed by atoms with van der Waals surface area (Å²) in [6.45, 7) is 2.07. The predicted octanol–water partition coefficient (Wildman–Crippen LogP) is 4.49. The number of carbonyl (C=O) groups excluding carboxylic acids is 1. The summed E-state index contributed by atoms with van der Waals surface area (Å²) in [5, 5.41) is 8.98. The topological polar surface area (TPSA) is 50.1 Å². The standard InChI is InChI=1S/C16H12INO2S/c1-2-20-16(19)14-9-11(10-18)3-8-15(14)21-13-6-4-12(17)5-7-13/h3-9H,2H2,1H3. The van der Waals surface area contributed by atoms with Crippen molar-refractivity contribution in [3.05, 3.63) is 57.2 Å². The van der Waals surface area contributed by atoms with E-state index in [0.717, 1.165) is 13.4 Å². The Kier molecular flexibility index (Phi) is 5.65. The molecule has 0 heterocycles. The van der Waals surface area contributed by atoms with Gasteiger partial charge in [-0.2, -0.15) is 5.26 Å². The van der Waals surface area contributed by atoms with Crippen molar-refractivity contribution in [1.29, 1.82) is 5.26 Å². The van der Waals surface area contributed by atoms with E-state index in [-0.39, 0.29) is 0 Å². The van der Waals surface area contributed by atoms with Gasteiger partial charge in [-0.15, -0.1) is 0 Å². The molecule has 106 valence electrons. The number of carbonyl (C=O) groups is 1. The lowest BCUT2D eigenvalue weighted by Gasteiger charge is -2.09. The van der Waals surface area contributed by atoms with E-state index < -0.39 is 5.97 Å². The van der Waals surface area contributed by atoms with Gasteiger partial charge in [0.2, 0.25) is 0 Å². The Balaban J connectivity index is 2.35. The monoisotopic (exact) mass is 409 g/mol. The number of hydrogen-bond acceptors (Lipinski definition) is 4. The largest absolute Gasteiger partial charge is 0.462 e. The molecule has 3 nitrogen and oxygen atoms in total. The summed E-state index contributed by atoms with van der Waals surface area (Å²) in [7, 11) is 0. The molecule has 0 bridgehead atoms. The van der Waals surface area contributed by atoms with Crippen molar-refractivity contribution in [1.82, 2.24) is 0 Å². The highest BCUT2D eigenvalue weighted by molar-refractivity contribution is 14.1. The predicted molar refractivity (Wildman–Crippen MR) is 90.4 cm³/mol. The first-order valence-corrected chi connectivity index (χ1v) is 8.18. The average molecular weight is 409 g/mol. The molecule has 0 saturated heterocycles. The Morgan fingerprint density at radius 3 is 2.62 bits per heavy atom. The molecule has 0 aliphatic heterocycles. The molecule has 0 amide bonds. The van der Waals surface area contributed by atoms with Gasteiger partial charge >= 0.3 is 5.97 Å². The van der Waals surface area contributed by atoms with Crippen LogP contribution in [0.25, 0.3) is 0 Å². The smallest absolute Gasteiger partial charge is 0.339 e. The Bertz CT molecular complexity index is 692. The lowest BCUT2D eigenvalue weighted by molar-refractivity contribution is 0.0522. The molecule has 0 saturated carbocycles. The van der Waals surface area contributed by atoms with Crippen molar-refractivity contribution in [2.24, 2.45) is 0 Å². The summed E-state index contributed by atoms with van der Waals surface area (Å²) in [6.07, 6.45) is 0. The molecule has 0 radical (unpaired) electrons. The van der Waals surface area contributed by atoms with Crippen LogP contribution in [0.3, 0.4) is 0 Å². The Morgan fingerprint density at radius 1 is 1.29 bits per heavy atom. The maximum atomic E-state index is 12.0. The van der Waals surface area contributed by atoms with Crippen molar-refractivity contribution < 1.29 is 9.53 Å². The van der Waals surface area contributed by atoms with Crippen LogP contribution in [0.15, 0.2) is 52.3 Å². The molecule has 0 spiro atoms. The van der Waals surface area contributed by atoms with Gasteiger partial charge in [0.1, 0.15) is 0 Å². The van der Waals surface area contributed by atoms with Gasteiger partial charge in [0, 0.05) is 13.4 Å². The maximum Gasteiger partial charge on any atom is 0.339 e. The van der Waals surface area contributed by atoms with Crippen molar-refractivity contribution >= 4 is 40.3 Å². The third-order valence-corrected chi connectivity index (χ3v) is 4.45. The summed E-state index contributed by atoms with van der Waals surface area (Å²) < 4.78 is 6.22. The number of esters is 1. The summed E-state index contributed by atoms with van der Waals surface area (Å²) in [5.74, 6) is -0.400. The lowest BCUT2D eigenvalue weighted by atomic mass is 10.1. The number of nitriles is 1. The number of rotatable bonds is 4. The molecule has 2 aromatic rings. The third kappa shape index (κ3) is 4.22. The van der Waals surface area contributed by atoms with Crippen LogP contribution in [0.1, 0.15) is 22.8 Å². The molecular weight excluding hydrogens is 397 g/mol. The van der Waals surface area contributed by atoms with Crippen LogP contribution < -0.4 is 0 Å². The van der Waals surface area contributed by atoms with Gasteiger partial charge in [-0.3, -0.25) is 0 Å². The fraction of sp³-hybridized carbons (Fsp3) is 0.125. The van der Waals surface area contributed by atoms with Gasteiger partial charge in [0.25, 0.3) is 0 Å². The average Bonchev–Trinajstić information content (AvgIpc) is 2.50. The molecule has 0 N–H and O–H groups in total. The maximum absolute atomic E-state index is 12.0. The van der Waals surface area contributed by atoms with E-state index in [4.69, 9.17) is 10.00 Å². The van der Waals surface area contributed by atoms with E-state index in [1.807, 2.05) is 30.3 Å². The highest BCUT2D eigenvalue weighted by atomic mass is 127. The third-order valence-electron chi connectivity index (χ3n) is 2.65. The van der Waals surface area contributed by atoms with Crippen molar-refractivity contribution in [2.45, 2.75) is 16.7 Å². The first-order valence-electron chi connectivity index (χ1n) is 6.28. The summed E-state index contributed by atoms with van der Waals surface area (Å²) in [4.78, 5) is 13.9. The zero-order chi connectivity index (χ0) is 15.2. The highest BCUT2D eigenvalue weighted by Crippen LogP contribution is 2.31. The molecule has 2 aromatic carbocycles. The number of ether oxygens (including phenoxy) is 1. The van der Waals surface area contributed by atoms with Crippen LogP contribution >= 0.6 is 34.4 Å². The van der Waals surface area contributed by atoms with E-state index in [1.54, 1.807) is 25.1 Å². The van der Waals surface area contributed by atoms with Crippen molar-refractivity contribution in [3.8, 4) is 6.07 Å². The highest BCUT2D eigenvalue weighted by Gasteiger charge is 2.14.